The van der Waals surface area contributed by atoms with E-state index in [9.17, 15) is 4.79 Å². The van der Waals surface area contributed by atoms with E-state index in [1.54, 1.807) is 32.3 Å². The molecular formula is C20H17N3OS2. The molecule has 0 aliphatic rings. The van der Waals surface area contributed by atoms with E-state index in [4.69, 9.17) is 5.10 Å². The molecule has 6 heteroatoms. The summed E-state index contributed by atoms with van der Waals surface area (Å²) in [5.41, 5.74) is 3.42. The van der Waals surface area contributed by atoms with Crippen molar-refractivity contribution in [3.05, 3.63) is 82.0 Å². The second-order valence-corrected chi connectivity index (χ2v) is 7.67. The van der Waals surface area contributed by atoms with E-state index in [2.05, 4.69) is 5.38 Å². The minimum absolute atomic E-state index is 0.0261. The fourth-order valence-electron chi connectivity index (χ4n) is 2.77. The molecule has 26 heavy (non-hydrogen) atoms. The van der Waals surface area contributed by atoms with Gasteiger partial charge in [0.15, 0.2) is 0 Å². The lowest BCUT2D eigenvalue weighted by atomic mass is 10.2. The molecule has 4 aromatic rings. The lowest BCUT2D eigenvalue weighted by molar-refractivity contribution is 0.0786. The molecule has 0 N–H and O–H groups in total. The van der Waals surface area contributed by atoms with E-state index in [0.29, 0.717) is 12.1 Å². The third kappa shape index (κ3) is 3.34. The second kappa shape index (κ2) is 7.27. The number of rotatable bonds is 5. The molecule has 4 nitrogen and oxygen atoms in total. The second-order valence-electron chi connectivity index (χ2n) is 5.94. The molecule has 1 aromatic carbocycles. The van der Waals surface area contributed by atoms with E-state index in [0.717, 1.165) is 21.8 Å². The molecular weight excluding hydrogens is 362 g/mol. The summed E-state index contributed by atoms with van der Waals surface area (Å²) in [6.45, 7) is 0.586. The maximum Gasteiger partial charge on any atom is 0.257 e. The first-order chi connectivity index (χ1) is 12.7. The van der Waals surface area contributed by atoms with Gasteiger partial charge in [0.2, 0.25) is 0 Å². The topological polar surface area (TPSA) is 38.1 Å². The van der Waals surface area contributed by atoms with Crippen LogP contribution in [0.5, 0.6) is 0 Å². The lowest BCUT2D eigenvalue weighted by Crippen LogP contribution is -2.26. The average molecular weight is 380 g/mol. The average Bonchev–Trinajstić information content (AvgIpc) is 3.42. The number of aromatic nitrogens is 2. The van der Waals surface area contributed by atoms with Crippen molar-refractivity contribution >= 4 is 28.6 Å². The van der Waals surface area contributed by atoms with E-state index in [1.165, 1.54) is 0 Å². The molecule has 130 valence electrons. The lowest BCUT2D eigenvalue weighted by Gasteiger charge is -2.16. The molecule has 3 heterocycles. The Morgan fingerprint density at radius 3 is 2.65 bits per heavy atom. The smallest absolute Gasteiger partial charge is 0.257 e. The van der Waals surface area contributed by atoms with Crippen LogP contribution < -0.4 is 0 Å². The summed E-state index contributed by atoms with van der Waals surface area (Å²) in [7, 11) is 1.83. The van der Waals surface area contributed by atoms with Gasteiger partial charge in [0.1, 0.15) is 5.69 Å². The Morgan fingerprint density at radius 1 is 1.12 bits per heavy atom. The Morgan fingerprint density at radius 2 is 1.96 bits per heavy atom. The highest BCUT2D eigenvalue weighted by Gasteiger charge is 2.22. The van der Waals surface area contributed by atoms with Crippen molar-refractivity contribution in [2.24, 2.45) is 0 Å². The highest BCUT2D eigenvalue weighted by atomic mass is 32.1. The highest BCUT2D eigenvalue weighted by molar-refractivity contribution is 7.13. The zero-order valence-corrected chi connectivity index (χ0v) is 15.8. The number of nitrogens with zero attached hydrogens (tertiary/aromatic N) is 3. The molecule has 0 saturated carbocycles. The Labute approximate surface area is 160 Å². The largest absolute Gasteiger partial charge is 0.337 e. The minimum Gasteiger partial charge on any atom is -0.337 e. The summed E-state index contributed by atoms with van der Waals surface area (Å²) in [6.07, 6.45) is 1.83. The number of carbonyl (C=O) groups excluding carboxylic acids is 1. The van der Waals surface area contributed by atoms with Gasteiger partial charge in [0.25, 0.3) is 5.91 Å². The predicted octanol–water partition coefficient (Wildman–Crippen LogP) is 4.93. The van der Waals surface area contributed by atoms with Crippen LogP contribution in [-0.2, 0) is 6.54 Å². The van der Waals surface area contributed by atoms with Crippen LogP contribution in [0.3, 0.4) is 0 Å². The third-order valence-electron chi connectivity index (χ3n) is 4.07. The molecule has 0 unspecified atom stereocenters. The van der Waals surface area contributed by atoms with Crippen LogP contribution in [0.4, 0.5) is 0 Å². The van der Waals surface area contributed by atoms with Gasteiger partial charge in [0, 0.05) is 19.8 Å². The molecule has 4 rings (SSSR count). The first kappa shape index (κ1) is 16.8. The van der Waals surface area contributed by atoms with Crippen LogP contribution in [0.25, 0.3) is 16.3 Å². The number of thiophene rings is 2. The SMILES string of the molecule is CN(Cc1ccsc1)C(=O)c1cn(-c2ccccc2)nc1-c1cccs1. The minimum atomic E-state index is -0.0261. The molecule has 0 spiro atoms. The number of para-hydroxylation sites is 1. The predicted molar refractivity (Wildman–Crippen MR) is 107 cm³/mol. The van der Waals surface area contributed by atoms with Crippen LogP contribution in [-0.4, -0.2) is 27.6 Å². The fraction of sp³-hybridized carbons (Fsp3) is 0.100. The Bertz CT molecular complexity index is 989. The Kier molecular flexibility index (Phi) is 4.69. The summed E-state index contributed by atoms with van der Waals surface area (Å²) in [4.78, 5) is 15.8. The fourth-order valence-corrected chi connectivity index (χ4v) is 4.16. The summed E-state index contributed by atoms with van der Waals surface area (Å²) in [5, 5.41) is 10.8. The van der Waals surface area contributed by atoms with Crippen molar-refractivity contribution in [3.8, 4) is 16.3 Å². The van der Waals surface area contributed by atoms with Gasteiger partial charge in [-0.2, -0.15) is 16.4 Å². The van der Waals surface area contributed by atoms with Crippen molar-refractivity contribution in [2.45, 2.75) is 6.54 Å². The van der Waals surface area contributed by atoms with Crippen LogP contribution in [0.15, 0.2) is 70.9 Å². The van der Waals surface area contributed by atoms with Gasteiger partial charge in [-0.05, 0) is 46.0 Å². The van der Waals surface area contributed by atoms with Gasteiger partial charge >= 0.3 is 0 Å². The number of carbonyl (C=O) groups is 1. The highest BCUT2D eigenvalue weighted by Crippen LogP contribution is 2.28. The first-order valence-corrected chi connectivity index (χ1v) is 10.00. The molecule has 0 aliphatic heterocycles. The summed E-state index contributed by atoms with van der Waals surface area (Å²) in [6, 6.07) is 15.9. The zero-order valence-electron chi connectivity index (χ0n) is 14.2. The quantitative estimate of drug-likeness (QED) is 0.493. The Hall–Kier alpha value is -2.70. The van der Waals surface area contributed by atoms with Crippen LogP contribution in [0.1, 0.15) is 15.9 Å². The first-order valence-electron chi connectivity index (χ1n) is 8.18. The van der Waals surface area contributed by atoms with Gasteiger partial charge < -0.3 is 4.90 Å². The van der Waals surface area contributed by atoms with Crippen molar-refractivity contribution in [3.63, 3.8) is 0 Å². The van der Waals surface area contributed by atoms with E-state index >= 15 is 0 Å². The van der Waals surface area contributed by atoms with Crippen molar-refractivity contribution in [1.82, 2.24) is 14.7 Å². The molecule has 1 amide bonds. The standard InChI is InChI=1S/C20H17N3OS2/c1-22(12-15-9-11-25-14-15)20(24)17-13-23(16-6-3-2-4-7-16)21-19(17)18-8-5-10-26-18/h2-11,13-14H,12H2,1H3. The molecule has 0 fully saturated rings. The molecule has 0 atom stereocenters. The van der Waals surface area contributed by atoms with Crippen molar-refractivity contribution < 1.29 is 4.79 Å². The number of amides is 1. The maximum atomic E-state index is 13.1. The van der Waals surface area contributed by atoms with E-state index < -0.39 is 0 Å². The monoisotopic (exact) mass is 379 g/mol. The normalized spacial score (nSPS) is 10.8. The maximum absolute atomic E-state index is 13.1. The summed E-state index contributed by atoms with van der Waals surface area (Å²) < 4.78 is 1.78. The van der Waals surface area contributed by atoms with Gasteiger partial charge in [-0.3, -0.25) is 4.79 Å². The van der Waals surface area contributed by atoms with Crippen molar-refractivity contribution in [2.75, 3.05) is 7.05 Å². The van der Waals surface area contributed by atoms with E-state index in [1.807, 2.05) is 72.5 Å². The van der Waals surface area contributed by atoms with Gasteiger partial charge in [0.05, 0.1) is 16.1 Å². The zero-order chi connectivity index (χ0) is 17.9. The molecule has 3 aromatic heterocycles. The number of hydrogen-bond donors (Lipinski definition) is 0. The van der Waals surface area contributed by atoms with E-state index in [-0.39, 0.29) is 5.91 Å². The molecule has 0 aliphatic carbocycles. The third-order valence-corrected chi connectivity index (χ3v) is 5.68. The number of hydrogen-bond acceptors (Lipinski definition) is 4. The summed E-state index contributed by atoms with van der Waals surface area (Å²) >= 11 is 3.23. The van der Waals surface area contributed by atoms with Gasteiger partial charge in [-0.1, -0.05) is 24.3 Å². The van der Waals surface area contributed by atoms with Crippen molar-refractivity contribution in [1.29, 1.82) is 0 Å². The molecule has 0 bridgehead atoms. The molecule has 0 saturated heterocycles. The Balaban J connectivity index is 1.71. The van der Waals surface area contributed by atoms with Gasteiger partial charge in [-0.25, -0.2) is 4.68 Å². The van der Waals surface area contributed by atoms with Crippen LogP contribution in [0.2, 0.25) is 0 Å². The molecule has 0 radical (unpaired) electrons. The van der Waals surface area contributed by atoms with Gasteiger partial charge in [-0.15, -0.1) is 11.3 Å². The van der Waals surface area contributed by atoms with Crippen LogP contribution >= 0.6 is 22.7 Å². The summed E-state index contributed by atoms with van der Waals surface area (Å²) in [5.74, 6) is -0.0261. The van der Waals surface area contributed by atoms with Crippen LogP contribution in [0, 0.1) is 0 Å². The number of benzene rings is 1.